The van der Waals surface area contributed by atoms with Crippen molar-refractivity contribution in [1.82, 2.24) is 40.4 Å². The molecule has 3 aliphatic heterocycles. The predicted molar refractivity (Wildman–Crippen MR) is 243 cm³/mol. The van der Waals surface area contributed by atoms with Crippen molar-refractivity contribution in [3.05, 3.63) is 102 Å². The molecule has 0 aliphatic carbocycles. The van der Waals surface area contributed by atoms with E-state index in [9.17, 15) is 19.2 Å². The number of aromatic nitrogens is 4. The number of H-pyrrole nitrogens is 2. The molecule has 9 rings (SSSR count). The van der Waals surface area contributed by atoms with Crippen LogP contribution in [-0.4, -0.2) is 101 Å². The number of aromatic amines is 2. The fourth-order valence-electron chi connectivity index (χ4n) is 9.77. The maximum absolute atomic E-state index is 14.4. The molecule has 65 heavy (non-hydrogen) atoms. The Labute approximate surface area is 376 Å². The van der Waals surface area contributed by atoms with Gasteiger partial charge in [-0.2, -0.15) is 0 Å². The van der Waals surface area contributed by atoms with Gasteiger partial charge in [0, 0.05) is 37.1 Å². The van der Waals surface area contributed by atoms with Gasteiger partial charge in [-0.3, -0.25) is 9.59 Å². The van der Waals surface area contributed by atoms with Crippen LogP contribution in [0, 0.1) is 17.8 Å². The van der Waals surface area contributed by atoms with Crippen molar-refractivity contribution in [1.29, 1.82) is 0 Å². The number of alkyl carbamates (subject to hydrolysis) is 2. The SMILES string of the molecule is COC[C@H]1C[C@@H](c2nc3c(ccc4cc5c(cc43)OCc3cc(-c4cnc([C@@H]6C[C@H](C)CN6C(=O)[C@@H](NC(=O)OC)C(C)C)[nH]4)ccc3-5)[nH]2)N(C(=O)C(NC(=O)OC)c2ccccc2)C1. The van der Waals surface area contributed by atoms with E-state index in [0.29, 0.717) is 49.9 Å². The molecule has 6 atom stereocenters. The van der Waals surface area contributed by atoms with Crippen molar-refractivity contribution >= 4 is 45.8 Å². The maximum atomic E-state index is 14.4. The molecule has 0 bridgehead atoms. The van der Waals surface area contributed by atoms with Gasteiger partial charge in [-0.1, -0.05) is 69.3 Å². The maximum Gasteiger partial charge on any atom is 0.407 e. The van der Waals surface area contributed by atoms with Crippen LogP contribution in [0.1, 0.15) is 74.5 Å². The van der Waals surface area contributed by atoms with Gasteiger partial charge in [-0.15, -0.1) is 0 Å². The largest absolute Gasteiger partial charge is 0.488 e. The summed E-state index contributed by atoms with van der Waals surface area (Å²) in [4.78, 5) is 73.4. The molecule has 0 spiro atoms. The first-order valence-corrected chi connectivity index (χ1v) is 22.1. The number of benzene rings is 4. The minimum atomic E-state index is -0.955. The summed E-state index contributed by atoms with van der Waals surface area (Å²) >= 11 is 0. The normalized spacial score (nSPS) is 20.0. The molecule has 0 radical (unpaired) electrons. The number of likely N-dealkylation sites (tertiary alicyclic amines) is 2. The molecule has 2 saturated heterocycles. The quantitative estimate of drug-likeness (QED) is 0.101. The highest BCUT2D eigenvalue weighted by Gasteiger charge is 2.42. The van der Waals surface area contributed by atoms with Crippen LogP contribution in [-0.2, 0) is 30.4 Å². The molecule has 3 aliphatic rings. The number of nitrogens with zero attached hydrogens (tertiary/aromatic N) is 4. The van der Waals surface area contributed by atoms with Crippen molar-refractivity contribution in [2.24, 2.45) is 17.8 Å². The fraction of sp³-hybridized carbons (Fsp3) is 0.388. The molecule has 338 valence electrons. The van der Waals surface area contributed by atoms with Crippen molar-refractivity contribution in [2.75, 3.05) is 41.0 Å². The van der Waals surface area contributed by atoms with E-state index in [1.165, 1.54) is 14.2 Å². The molecule has 4 N–H and O–H groups in total. The molecule has 4 amide bonds. The molecule has 16 nitrogen and oxygen atoms in total. The highest BCUT2D eigenvalue weighted by atomic mass is 16.5. The lowest BCUT2D eigenvalue weighted by atomic mass is 9.92. The molecule has 6 aromatic rings. The van der Waals surface area contributed by atoms with Crippen LogP contribution >= 0.6 is 0 Å². The van der Waals surface area contributed by atoms with Crippen LogP contribution in [0.4, 0.5) is 9.59 Å². The third-order valence-corrected chi connectivity index (χ3v) is 13.0. The third kappa shape index (κ3) is 8.34. The van der Waals surface area contributed by atoms with E-state index < -0.39 is 30.3 Å². The Balaban J connectivity index is 0.981. The van der Waals surface area contributed by atoms with E-state index in [0.717, 1.165) is 61.9 Å². The summed E-state index contributed by atoms with van der Waals surface area (Å²) in [5.74, 6) is 1.86. The van der Waals surface area contributed by atoms with Crippen LogP contribution in [0.3, 0.4) is 0 Å². The van der Waals surface area contributed by atoms with E-state index in [4.69, 9.17) is 28.9 Å². The second-order valence-electron chi connectivity index (χ2n) is 17.7. The highest BCUT2D eigenvalue weighted by Crippen LogP contribution is 2.44. The zero-order valence-corrected chi connectivity index (χ0v) is 37.3. The summed E-state index contributed by atoms with van der Waals surface area (Å²) in [6.07, 6.45) is 1.85. The molecule has 4 aromatic carbocycles. The highest BCUT2D eigenvalue weighted by molar-refractivity contribution is 6.07. The number of carbonyl (C=O) groups excluding carboxylic acids is 4. The number of hydrogen-bond acceptors (Lipinski definition) is 10. The summed E-state index contributed by atoms with van der Waals surface area (Å²) < 4.78 is 21.7. The first kappa shape index (κ1) is 43.3. The molecule has 1 unspecified atom stereocenters. The van der Waals surface area contributed by atoms with Crippen LogP contribution in [0.25, 0.3) is 44.2 Å². The van der Waals surface area contributed by atoms with E-state index in [1.807, 2.05) is 67.4 Å². The molecule has 5 heterocycles. The minimum absolute atomic E-state index is 0.0581. The first-order valence-electron chi connectivity index (χ1n) is 22.1. The van der Waals surface area contributed by atoms with Crippen LogP contribution in [0.2, 0.25) is 0 Å². The summed E-state index contributed by atoms with van der Waals surface area (Å²) in [5, 5.41) is 7.38. The van der Waals surface area contributed by atoms with Crippen LogP contribution in [0.5, 0.6) is 5.75 Å². The standard InChI is InChI=1S/C49H54N8O8/c1-26(2)41(54-48(60)63-5)46(58)56-22-27(3)16-38(56)44-50-21-37(52-44)31-12-14-33-32(18-31)25-65-40-20-34-30(19-35(33)40)13-15-36-43(34)53-45(51-36)39-17-28(24-62-4)23-57(39)47(59)42(55-49(61)64-6)29-10-8-7-9-11-29/h7-15,18-21,26-28,38-39,41-42H,16-17,22-25H2,1-6H3,(H,50,52)(H,51,53)(H,54,60)(H,55,61)/t27-,28-,38-,39-,41-,42?/m0/s1. The van der Waals surface area contributed by atoms with E-state index >= 15 is 0 Å². The number of amides is 4. The van der Waals surface area contributed by atoms with Crippen molar-refractivity contribution in [3.63, 3.8) is 0 Å². The molecular weight excluding hydrogens is 829 g/mol. The number of fused-ring (bicyclic) bond motifs is 6. The lowest BCUT2D eigenvalue weighted by Gasteiger charge is -2.30. The van der Waals surface area contributed by atoms with Gasteiger partial charge in [0.1, 0.15) is 36.1 Å². The minimum Gasteiger partial charge on any atom is -0.488 e. The molecule has 16 heteroatoms. The van der Waals surface area contributed by atoms with Gasteiger partial charge in [0.2, 0.25) is 5.91 Å². The van der Waals surface area contributed by atoms with E-state index in [1.54, 1.807) is 12.0 Å². The van der Waals surface area contributed by atoms with Crippen LogP contribution < -0.4 is 15.4 Å². The third-order valence-electron chi connectivity index (χ3n) is 13.0. The topological polar surface area (TPSA) is 193 Å². The zero-order valence-electron chi connectivity index (χ0n) is 37.3. The molecule has 0 saturated carbocycles. The van der Waals surface area contributed by atoms with Gasteiger partial charge in [0.25, 0.3) is 5.91 Å². The number of hydrogen-bond donors (Lipinski definition) is 4. The Morgan fingerprint density at radius 3 is 2.34 bits per heavy atom. The monoisotopic (exact) mass is 882 g/mol. The first-order chi connectivity index (χ1) is 31.4. The second-order valence-corrected chi connectivity index (χ2v) is 17.7. The smallest absolute Gasteiger partial charge is 0.407 e. The number of rotatable bonds is 11. The Morgan fingerprint density at radius 2 is 1.58 bits per heavy atom. The number of nitrogens with one attached hydrogen (secondary N) is 4. The van der Waals surface area contributed by atoms with E-state index in [-0.39, 0.29) is 35.6 Å². The van der Waals surface area contributed by atoms with Gasteiger partial charge in [0.05, 0.1) is 55.8 Å². The summed E-state index contributed by atoms with van der Waals surface area (Å²) in [5.41, 5.74) is 7.09. The Kier molecular flexibility index (Phi) is 11.9. The number of carbonyl (C=O) groups is 4. The van der Waals surface area contributed by atoms with Gasteiger partial charge < -0.3 is 49.3 Å². The van der Waals surface area contributed by atoms with Crippen molar-refractivity contribution in [2.45, 2.75) is 64.4 Å². The van der Waals surface area contributed by atoms with Gasteiger partial charge in [-0.25, -0.2) is 19.6 Å². The summed E-state index contributed by atoms with van der Waals surface area (Å²) in [6.45, 7) is 7.74. The van der Waals surface area contributed by atoms with Gasteiger partial charge in [0.15, 0.2) is 0 Å². The van der Waals surface area contributed by atoms with E-state index in [2.05, 4.69) is 57.9 Å². The average Bonchev–Trinajstić information content (AvgIpc) is 4.15. The van der Waals surface area contributed by atoms with Crippen molar-refractivity contribution in [3.8, 4) is 28.1 Å². The molecule has 2 aromatic heterocycles. The number of imidazole rings is 2. The van der Waals surface area contributed by atoms with Gasteiger partial charge in [-0.05, 0) is 76.6 Å². The van der Waals surface area contributed by atoms with Gasteiger partial charge >= 0.3 is 12.2 Å². The molecular formula is C49H54N8O8. The number of methoxy groups -OCH3 is 3. The average molecular weight is 883 g/mol. The fourth-order valence-corrected chi connectivity index (χ4v) is 9.77. The lowest BCUT2D eigenvalue weighted by molar-refractivity contribution is -0.136. The molecule has 2 fully saturated rings. The lowest BCUT2D eigenvalue weighted by Crippen LogP contribution is -2.51. The van der Waals surface area contributed by atoms with Crippen LogP contribution in [0.15, 0.2) is 79.0 Å². The zero-order chi connectivity index (χ0) is 45.5. The summed E-state index contributed by atoms with van der Waals surface area (Å²) in [6, 6.07) is 21.4. The Morgan fingerprint density at radius 1 is 0.831 bits per heavy atom. The summed E-state index contributed by atoms with van der Waals surface area (Å²) in [7, 11) is 4.22. The predicted octanol–water partition coefficient (Wildman–Crippen LogP) is 7.59. The Hall–Kier alpha value is -6.94. The van der Waals surface area contributed by atoms with Crippen molar-refractivity contribution < 1.29 is 38.1 Å². The Bertz CT molecular complexity index is 2770. The number of ether oxygens (including phenoxy) is 4. The second kappa shape index (κ2) is 17.9.